The van der Waals surface area contributed by atoms with Gasteiger partial charge in [0.15, 0.2) is 0 Å². The van der Waals surface area contributed by atoms with Gasteiger partial charge in [-0.2, -0.15) is 0 Å². The highest BCUT2D eigenvalue weighted by atomic mass is 32.2. The van der Waals surface area contributed by atoms with Gasteiger partial charge in [0.2, 0.25) is 0 Å². The van der Waals surface area contributed by atoms with Crippen molar-refractivity contribution in [2.45, 2.75) is 6.42 Å². The second-order valence-electron chi connectivity index (χ2n) is 1.55. The van der Waals surface area contributed by atoms with Crippen LogP contribution in [0.4, 0.5) is 0 Å². The monoisotopic (exact) mass is 175 g/mol. The van der Waals surface area contributed by atoms with Gasteiger partial charge in [-0.3, -0.25) is 9.00 Å². The number of nitrogens with two attached hydrogens (primary N) is 1. The molecule has 0 heterocycles. The summed E-state index contributed by atoms with van der Waals surface area (Å²) in [5.41, 5.74) is 4.68. The number of amides is 1. The van der Waals surface area contributed by atoms with Crippen LogP contribution in [0.15, 0.2) is 0 Å². The van der Waals surface area contributed by atoms with Crippen LogP contribution in [-0.2, 0) is 16.1 Å². The summed E-state index contributed by atoms with van der Waals surface area (Å²) < 4.78 is 21.8. The fourth-order valence-corrected chi connectivity index (χ4v) is 0.615. The van der Waals surface area contributed by atoms with Gasteiger partial charge in [0.05, 0.1) is 0 Å². The van der Waals surface area contributed by atoms with E-state index in [-0.39, 0.29) is 13.0 Å². The number of hydrogen-bond acceptors (Lipinski definition) is 3. The Morgan fingerprint density at radius 3 is 2.82 bits per heavy atom. The van der Waals surface area contributed by atoms with Crippen molar-refractivity contribution in [2.75, 3.05) is 6.54 Å². The van der Waals surface area contributed by atoms with Crippen molar-refractivity contribution in [3.63, 3.8) is 0 Å². The molecule has 0 aliphatic rings. The lowest BCUT2D eigenvalue weighted by Crippen LogP contribution is -2.17. The average Bonchev–Trinajstić information content (AvgIpc) is 1.85. The molecule has 0 aromatic carbocycles. The van der Waals surface area contributed by atoms with E-state index in [2.05, 4.69) is 22.3 Å². The molecule has 3 N–H and O–H groups in total. The minimum absolute atomic E-state index is 0.191. The maximum atomic E-state index is 10.0. The van der Waals surface area contributed by atoms with E-state index < -0.39 is 17.2 Å². The SMILES string of the molecule is NC(=O)C#CCCNS(=O)[O-]. The van der Waals surface area contributed by atoms with Gasteiger partial charge in [0, 0.05) is 24.2 Å². The van der Waals surface area contributed by atoms with Crippen LogP contribution in [0.1, 0.15) is 6.42 Å². The predicted octanol–water partition coefficient (Wildman–Crippen LogP) is -1.75. The van der Waals surface area contributed by atoms with Crippen LogP contribution in [0.3, 0.4) is 0 Å². The number of carbonyl (C=O) groups is 1. The summed E-state index contributed by atoms with van der Waals surface area (Å²) in [7, 11) is 0. The molecule has 0 saturated carbocycles. The minimum Gasteiger partial charge on any atom is -0.760 e. The van der Waals surface area contributed by atoms with Crippen molar-refractivity contribution in [1.82, 2.24) is 4.72 Å². The molecule has 0 saturated heterocycles. The average molecular weight is 175 g/mol. The van der Waals surface area contributed by atoms with E-state index >= 15 is 0 Å². The topological polar surface area (TPSA) is 95.2 Å². The van der Waals surface area contributed by atoms with Crippen molar-refractivity contribution < 1.29 is 13.6 Å². The second kappa shape index (κ2) is 5.85. The van der Waals surface area contributed by atoms with E-state index in [0.717, 1.165) is 0 Å². The first-order valence-corrected chi connectivity index (χ1v) is 3.81. The molecular formula is C5H7N2O3S-. The summed E-state index contributed by atoms with van der Waals surface area (Å²) in [6.45, 7) is 0.191. The quantitative estimate of drug-likeness (QED) is 0.302. The minimum atomic E-state index is -2.26. The maximum absolute atomic E-state index is 10.0. The molecule has 1 unspecified atom stereocenters. The molecule has 0 fully saturated rings. The molecule has 0 rings (SSSR count). The summed E-state index contributed by atoms with van der Waals surface area (Å²) in [5, 5.41) is 0. The molecule has 0 aliphatic heterocycles. The van der Waals surface area contributed by atoms with Crippen LogP contribution in [-0.4, -0.2) is 21.2 Å². The van der Waals surface area contributed by atoms with E-state index in [0.29, 0.717) is 0 Å². The van der Waals surface area contributed by atoms with Gasteiger partial charge in [-0.05, 0) is 5.92 Å². The second-order valence-corrected chi connectivity index (χ2v) is 2.30. The Bertz CT molecular complexity index is 218. The lowest BCUT2D eigenvalue weighted by Gasteiger charge is -2.02. The highest BCUT2D eigenvalue weighted by Gasteiger charge is 1.82. The Hall–Kier alpha value is -0.900. The number of hydrogen-bond donors (Lipinski definition) is 2. The smallest absolute Gasteiger partial charge is 0.293 e. The Morgan fingerprint density at radius 1 is 1.73 bits per heavy atom. The molecule has 0 aromatic rings. The third kappa shape index (κ3) is 9.10. The summed E-state index contributed by atoms with van der Waals surface area (Å²) in [5.74, 6) is 3.73. The summed E-state index contributed by atoms with van der Waals surface area (Å²) in [4.78, 5) is 10.0. The number of primary amides is 1. The Morgan fingerprint density at radius 2 is 2.36 bits per heavy atom. The first kappa shape index (κ1) is 10.1. The molecule has 6 heteroatoms. The van der Waals surface area contributed by atoms with Crippen LogP contribution in [0.5, 0.6) is 0 Å². The van der Waals surface area contributed by atoms with Crippen LogP contribution < -0.4 is 10.5 Å². The van der Waals surface area contributed by atoms with Gasteiger partial charge in [0.25, 0.3) is 5.91 Å². The number of carbonyl (C=O) groups excluding carboxylic acids is 1. The number of nitrogens with one attached hydrogen (secondary N) is 1. The molecule has 0 spiro atoms. The zero-order valence-corrected chi connectivity index (χ0v) is 6.44. The molecular weight excluding hydrogens is 168 g/mol. The maximum Gasteiger partial charge on any atom is 0.293 e. The Balaban J connectivity index is 3.37. The highest BCUT2D eigenvalue weighted by molar-refractivity contribution is 7.77. The Kier molecular flexibility index (Phi) is 5.37. The zero-order valence-electron chi connectivity index (χ0n) is 5.62. The summed E-state index contributed by atoms with van der Waals surface area (Å²) in [6, 6.07) is 0. The van der Waals surface area contributed by atoms with Crippen molar-refractivity contribution in [3.05, 3.63) is 0 Å². The molecule has 62 valence electrons. The zero-order chi connectivity index (χ0) is 8.69. The molecule has 0 aromatic heterocycles. The van der Waals surface area contributed by atoms with Crippen molar-refractivity contribution in [1.29, 1.82) is 0 Å². The molecule has 0 radical (unpaired) electrons. The van der Waals surface area contributed by atoms with E-state index in [9.17, 15) is 13.6 Å². The van der Waals surface area contributed by atoms with Crippen molar-refractivity contribution >= 4 is 17.2 Å². The van der Waals surface area contributed by atoms with Crippen LogP contribution >= 0.6 is 0 Å². The first-order valence-electron chi connectivity index (χ1n) is 2.74. The van der Waals surface area contributed by atoms with Crippen LogP contribution in [0.25, 0.3) is 0 Å². The third-order valence-corrected chi connectivity index (χ3v) is 1.12. The predicted molar refractivity (Wildman–Crippen MR) is 38.5 cm³/mol. The van der Waals surface area contributed by atoms with Crippen LogP contribution in [0, 0.1) is 11.8 Å². The molecule has 1 amide bonds. The highest BCUT2D eigenvalue weighted by Crippen LogP contribution is 1.72. The Labute approximate surface area is 66.8 Å². The van der Waals surface area contributed by atoms with Gasteiger partial charge in [0.1, 0.15) is 0 Å². The fraction of sp³-hybridized carbons (Fsp3) is 0.400. The molecule has 11 heavy (non-hydrogen) atoms. The molecule has 0 aliphatic carbocycles. The van der Waals surface area contributed by atoms with E-state index in [1.54, 1.807) is 0 Å². The van der Waals surface area contributed by atoms with Gasteiger partial charge < -0.3 is 10.3 Å². The summed E-state index contributed by atoms with van der Waals surface area (Å²) >= 11 is -2.26. The fourth-order valence-electron chi connectivity index (χ4n) is 0.346. The van der Waals surface area contributed by atoms with Gasteiger partial charge in [-0.25, -0.2) is 4.72 Å². The molecule has 5 nitrogen and oxygen atoms in total. The van der Waals surface area contributed by atoms with E-state index in [1.807, 2.05) is 0 Å². The van der Waals surface area contributed by atoms with Gasteiger partial charge in [-0.1, -0.05) is 5.92 Å². The molecule has 0 bridgehead atoms. The normalized spacial score (nSPS) is 11.4. The van der Waals surface area contributed by atoms with E-state index in [4.69, 9.17) is 0 Å². The third-order valence-electron chi connectivity index (χ3n) is 0.682. The van der Waals surface area contributed by atoms with Crippen LogP contribution in [0.2, 0.25) is 0 Å². The van der Waals surface area contributed by atoms with Crippen molar-refractivity contribution in [3.8, 4) is 11.8 Å². The van der Waals surface area contributed by atoms with E-state index in [1.165, 1.54) is 0 Å². The number of rotatable bonds is 3. The lowest BCUT2D eigenvalue weighted by atomic mass is 10.4. The largest absolute Gasteiger partial charge is 0.760 e. The van der Waals surface area contributed by atoms with Gasteiger partial charge >= 0.3 is 0 Å². The van der Waals surface area contributed by atoms with Crippen molar-refractivity contribution in [2.24, 2.45) is 5.73 Å². The standard InChI is InChI=1S/C5H8N2O3S/c6-5(8)3-1-2-4-7-11(9)10/h7H,2,4H2,(H2,6,8)(H,9,10)/p-1. The molecule has 1 atom stereocenters. The lowest BCUT2D eigenvalue weighted by molar-refractivity contribution is -0.112. The van der Waals surface area contributed by atoms with Gasteiger partial charge in [-0.15, -0.1) is 0 Å². The summed E-state index contributed by atoms with van der Waals surface area (Å²) in [6.07, 6.45) is 0.275. The first-order chi connectivity index (χ1) is 5.13.